The fraction of sp³-hybridized carbons (Fsp3) is 0.846. The zero-order chi connectivity index (χ0) is 27.1. The van der Waals surface area contributed by atoms with Crippen LogP contribution < -0.4 is 11.1 Å². The number of carbonyl (C=O) groups is 4. The molecule has 0 bridgehead atoms. The average molecular weight is 511 g/mol. The van der Waals surface area contributed by atoms with Gasteiger partial charge in [-0.15, -0.1) is 0 Å². The number of hydrogen-bond donors (Lipinski definition) is 2. The van der Waals surface area contributed by atoms with E-state index in [-0.39, 0.29) is 30.4 Å². The van der Waals surface area contributed by atoms with Crippen molar-refractivity contribution >= 4 is 23.9 Å². The van der Waals surface area contributed by atoms with E-state index in [0.29, 0.717) is 38.5 Å². The van der Waals surface area contributed by atoms with Crippen LogP contribution in [0.3, 0.4) is 0 Å². The molecular weight excluding hydrogens is 464 g/mol. The number of amides is 3. The molecule has 0 aromatic heterocycles. The Balaban J connectivity index is 1.70. The highest BCUT2D eigenvalue weighted by Gasteiger charge is 2.30. The summed E-state index contributed by atoms with van der Waals surface area (Å²) in [6, 6.07) is -1.12. The molecule has 10 heteroatoms. The zero-order valence-electron chi connectivity index (χ0n) is 22.9. The summed E-state index contributed by atoms with van der Waals surface area (Å²) in [4.78, 5) is 53.0. The van der Waals surface area contributed by atoms with E-state index in [0.717, 1.165) is 32.1 Å². The molecule has 0 aliphatic carbocycles. The lowest BCUT2D eigenvalue weighted by atomic mass is 9.92. The lowest BCUT2D eigenvalue weighted by Crippen LogP contribution is -2.51. The molecule has 3 amide bonds. The van der Waals surface area contributed by atoms with Gasteiger partial charge in [-0.3, -0.25) is 14.4 Å². The number of nitrogens with zero attached hydrogens (tertiary/aromatic N) is 2. The average Bonchev–Trinajstić information content (AvgIpc) is 2.76. The minimum Gasteiger partial charge on any atom is -0.459 e. The highest BCUT2D eigenvalue weighted by molar-refractivity contribution is 5.85. The smallest absolute Gasteiger partial charge is 0.410 e. The van der Waals surface area contributed by atoms with Crippen LogP contribution in [0.5, 0.6) is 0 Å². The summed E-state index contributed by atoms with van der Waals surface area (Å²) in [7, 11) is 0. The first-order valence-electron chi connectivity index (χ1n) is 13.2. The number of likely N-dealkylation sites (tertiary alicyclic amines) is 2. The van der Waals surface area contributed by atoms with Gasteiger partial charge in [0.25, 0.3) is 0 Å². The zero-order valence-corrected chi connectivity index (χ0v) is 22.9. The third kappa shape index (κ3) is 10.7. The Hall–Kier alpha value is -2.36. The molecule has 206 valence electrons. The van der Waals surface area contributed by atoms with E-state index in [4.69, 9.17) is 15.2 Å². The summed E-state index contributed by atoms with van der Waals surface area (Å²) in [6.45, 7) is 13.1. The minimum atomic E-state index is -1.01. The van der Waals surface area contributed by atoms with Crippen LogP contribution in [0.25, 0.3) is 0 Å². The van der Waals surface area contributed by atoms with Crippen molar-refractivity contribution in [2.24, 2.45) is 11.7 Å². The second-order valence-electron chi connectivity index (χ2n) is 12.0. The molecule has 2 fully saturated rings. The van der Waals surface area contributed by atoms with Gasteiger partial charge in [-0.1, -0.05) is 0 Å². The van der Waals surface area contributed by atoms with Gasteiger partial charge in [0.2, 0.25) is 11.8 Å². The summed E-state index contributed by atoms with van der Waals surface area (Å²) in [5, 5.41) is 3.06. The molecule has 2 rings (SSSR count). The van der Waals surface area contributed by atoms with Crippen molar-refractivity contribution in [3.05, 3.63) is 0 Å². The molecule has 0 spiro atoms. The lowest BCUT2D eigenvalue weighted by Gasteiger charge is -2.34. The number of carbonyl (C=O) groups excluding carboxylic acids is 4. The number of nitrogens with one attached hydrogen (secondary N) is 1. The molecule has 2 aliphatic rings. The quantitative estimate of drug-likeness (QED) is 0.503. The molecule has 0 aromatic rings. The molecule has 2 heterocycles. The van der Waals surface area contributed by atoms with Gasteiger partial charge in [0, 0.05) is 38.6 Å². The van der Waals surface area contributed by atoms with Gasteiger partial charge < -0.3 is 30.3 Å². The van der Waals surface area contributed by atoms with Gasteiger partial charge in [-0.2, -0.15) is 0 Å². The number of rotatable bonds is 7. The lowest BCUT2D eigenvalue weighted by molar-refractivity contribution is -0.158. The van der Waals surface area contributed by atoms with Gasteiger partial charge in [0.15, 0.2) is 0 Å². The summed E-state index contributed by atoms with van der Waals surface area (Å²) in [6.07, 6.45) is 4.11. The van der Waals surface area contributed by atoms with E-state index in [9.17, 15) is 19.2 Å². The fourth-order valence-electron chi connectivity index (χ4n) is 4.47. The van der Waals surface area contributed by atoms with Gasteiger partial charge in [0.05, 0.1) is 6.42 Å². The van der Waals surface area contributed by atoms with Crippen molar-refractivity contribution < 1.29 is 28.7 Å². The van der Waals surface area contributed by atoms with E-state index in [1.165, 1.54) is 0 Å². The van der Waals surface area contributed by atoms with Gasteiger partial charge in [0.1, 0.15) is 17.2 Å². The van der Waals surface area contributed by atoms with Crippen molar-refractivity contribution in [1.82, 2.24) is 15.1 Å². The molecule has 3 N–H and O–H groups in total. The highest BCUT2D eigenvalue weighted by Crippen LogP contribution is 2.23. The van der Waals surface area contributed by atoms with E-state index < -0.39 is 23.2 Å². The molecule has 2 saturated heterocycles. The van der Waals surface area contributed by atoms with Crippen molar-refractivity contribution in [3.8, 4) is 0 Å². The molecule has 10 nitrogen and oxygen atoms in total. The first-order valence-corrected chi connectivity index (χ1v) is 13.2. The van der Waals surface area contributed by atoms with Gasteiger partial charge in [-0.25, -0.2) is 4.79 Å². The van der Waals surface area contributed by atoms with Crippen LogP contribution in [0, 0.1) is 5.92 Å². The van der Waals surface area contributed by atoms with E-state index in [1.54, 1.807) is 30.6 Å². The Labute approximate surface area is 215 Å². The predicted molar refractivity (Wildman–Crippen MR) is 136 cm³/mol. The van der Waals surface area contributed by atoms with Gasteiger partial charge >= 0.3 is 12.1 Å². The van der Waals surface area contributed by atoms with E-state index in [2.05, 4.69) is 5.32 Å². The second-order valence-corrected chi connectivity index (χ2v) is 12.0. The van der Waals surface area contributed by atoms with Crippen molar-refractivity contribution in [3.63, 3.8) is 0 Å². The molecule has 36 heavy (non-hydrogen) atoms. The normalized spacial score (nSPS) is 20.5. The maximum Gasteiger partial charge on any atom is 0.410 e. The van der Waals surface area contributed by atoms with Gasteiger partial charge in [-0.05, 0) is 79.6 Å². The third-order valence-corrected chi connectivity index (χ3v) is 6.29. The Morgan fingerprint density at radius 1 is 0.917 bits per heavy atom. The van der Waals surface area contributed by atoms with Crippen LogP contribution >= 0.6 is 0 Å². The summed E-state index contributed by atoms with van der Waals surface area (Å²) < 4.78 is 10.7. The molecule has 0 saturated carbocycles. The second kappa shape index (κ2) is 12.7. The summed E-state index contributed by atoms with van der Waals surface area (Å²) in [5.74, 6) is -0.416. The first-order chi connectivity index (χ1) is 16.6. The largest absolute Gasteiger partial charge is 0.459 e. The van der Waals surface area contributed by atoms with Crippen molar-refractivity contribution in [2.75, 3.05) is 26.2 Å². The topological polar surface area (TPSA) is 131 Å². The predicted octanol–water partition coefficient (Wildman–Crippen LogP) is 2.58. The van der Waals surface area contributed by atoms with Crippen molar-refractivity contribution in [1.29, 1.82) is 0 Å². The Bertz CT molecular complexity index is 780. The minimum absolute atomic E-state index is 0.0191. The molecule has 0 radical (unpaired) electrons. The Kier molecular flexibility index (Phi) is 10.6. The SMILES string of the molecule is CC(C)(C)OC(=O)[C@@H](N)CC(=O)N1CCCC(NC(=O)CCC2CCN(C(=O)OC(C)(C)C)CC2)C1. The standard InChI is InChI=1S/C26H46N4O6/c1-25(2,3)35-23(33)20(27)16-22(32)30-13-7-8-19(17-30)28-21(31)10-9-18-11-14-29(15-12-18)24(34)36-26(4,5)6/h18-20H,7-17,27H2,1-6H3,(H,28,31)/t19?,20-/m0/s1. The maximum absolute atomic E-state index is 12.7. The van der Waals surface area contributed by atoms with Crippen LogP contribution in [0.2, 0.25) is 0 Å². The van der Waals surface area contributed by atoms with Crippen LogP contribution in [0.15, 0.2) is 0 Å². The Morgan fingerprint density at radius 3 is 2.11 bits per heavy atom. The summed E-state index contributed by atoms with van der Waals surface area (Å²) in [5.41, 5.74) is 4.73. The van der Waals surface area contributed by atoms with E-state index >= 15 is 0 Å². The van der Waals surface area contributed by atoms with Crippen LogP contribution in [0.4, 0.5) is 4.79 Å². The maximum atomic E-state index is 12.7. The molecule has 1 unspecified atom stereocenters. The first kappa shape index (κ1) is 29.9. The number of esters is 1. The number of hydrogen-bond acceptors (Lipinski definition) is 7. The van der Waals surface area contributed by atoms with Crippen LogP contribution in [-0.2, 0) is 23.9 Å². The van der Waals surface area contributed by atoms with Crippen LogP contribution in [0.1, 0.15) is 86.5 Å². The summed E-state index contributed by atoms with van der Waals surface area (Å²) >= 11 is 0. The Morgan fingerprint density at radius 2 is 1.53 bits per heavy atom. The molecule has 0 aromatic carbocycles. The fourth-order valence-corrected chi connectivity index (χ4v) is 4.47. The van der Waals surface area contributed by atoms with Crippen LogP contribution in [-0.4, -0.2) is 83.1 Å². The number of nitrogens with two attached hydrogens (primary N) is 1. The number of ether oxygens (including phenoxy) is 2. The monoisotopic (exact) mass is 510 g/mol. The van der Waals surface area contributed by atoms with Crippen molar-refractivity contribution in [2.45, 2.75) is 110 Å². The molecule has 2 atom stereocenters. The number of piperidine rings is 2. The van der Waals surface area contributed by atoms with E-state index in [1.807, 2.05) is 20.8 Å². The highest BCUT2D eigenvalue weighted by atomic mass is 16.6. The third-order valence-electron chi connectivity index (χ3n) is 6.29. The molecule has 2 aliphatic heterocycles. The molecular formula is C26H46N4O6.